The SMILES string of the molecule is COC(=O)c1ccc(C(=O)NC(=NCC2CCCO2)Nc2cccc(F)c2)cc1. The Morgan fingerprint density at radius 2 is 1.97 bits per heavy atom. The number of nitrogens with zero attached hydrogens (tertiary/aromatic N) is 1. The number of esters is 1. The van der Waals surface area contributed by atoms with Crippen LogP contribution in [0.2, 0.25) is 0 Å². The molecule has 2 aromatic rings. The highest BCUT2D eigenvalue weighted by Crippen LogP contribution is 2.13. The van der Waals surface area contributed by atoms with E-state index in [9.17, 15) is 14.0 Å². The molecule has 0 aliphatic carbocycles. The van der Waals surface area contributed by atoms with Crippen LogP contribution in [0.25, 0.3) is 0 Å². The lowest BCUT2D eigenvalue weighted by molar-refractivity contribution is 0.0600. The zero-order chi connectivity index (χ0) is 20.6. The smallest absolute Gasteiger partial charge is 0.337 e. The monoisotopic (exact) mass is 399 g/mol. The number of methoxy groups -OCH3 is 1. The largest absolute Gasteiger partial charge is 0.465 e. The number of guanidine groups is 1. The van der Waals surface area contributed by atoms with Crippen LogP contribution in [0.5, 0.6) is 0 Å². The molecule has 0 spiro atoms. The Balaban J connectivity index is 1.73. The van der Waals surface area contributed by atoms with Gasteiger partial charge in [0.05, 0.1) is 25.3 Å². The van der Waals surface area contributed by atoms with Crippen molar-refractivity contribution in [3.63, 3.8) is 0 Å². The summed E-state index contributed by atoms with van der Waals surface area (Å²) in [6.07, 6.45) is 1.88. The first kappa shape index (κ1) is 20.5. The minimum Gasteiger partial charge on any atom is -0.465 e. The van der Waals surface area contributed by atoms with Gasteiger partial charge in [0.2, 0.25) is 5.96 Å². The molecule has 3 rings (SSSR count). The molecular formula is C21H22FN3O4. The van der Waals surface area contributed by atoms with E-state index in [1.807, 2.05) is 0 Å². The first-order valence-corrected chi connectivity index (χ1v) is 9.23. The highest BCUT2D eigenvalue weighted by atomic mass is 19.1. The number of rotatable bonds is 5. The number of halogens is 1. The molecule has 1 fully saturated rings. The third-order valence-corrected chi connectivity index (χ3v) is 4.36. The molecule has 0 bridgehead atoms. The molecule has 8 heteroatoms. The van der Waals surface area contributed by atoms with Gasteiger partial charge in [-0.25, -0.2) is 14.2 Å². The standard InChI is InChI=1S/C21H22FN3O4/c1-28-20(27)15-9-7-14(8-10-15)19(26)25-21(23-13-18-6-3-11-29-18)24-17-5-2-4-16(22)12-17/h2,4-5,7-10,12,18H,3,6,11,13H2,1H3,(H2,23,24,25,26). The number of anilines is 1. The molecule has 0 saturated carbocycles. The van der Waals surface area contributed by atoms with Crippen molar-refractivity contribution in [2.24, 2.45) is 4.99 Å². The maximum Gasteiger partial charge on any atom is 0.337 e. The van der Waals surface area contributed by atoms with Crippen molar-refractivity contribution < 1.29 is 23.5 Å². The lowest BCUT2D eigenvalue weighted by atomic mass is 10.1. The quantitative estimate of drug-likeness (QED) is 0.458. The van der Waals surface area contributed by atoms with Crippen molar-refractivity contribution in [1.82, 2.24) is 5.32 Å². The van der Waals surface area contributed by atoms with Gasteiger partial charge in [-0.1, -0.05) is 6.07 Å². The highest BCUT2D eigenvalue weighted by molar-refractivity contribution is 6.10. The third-order valence-electron chi connectivity index (χ3n) is 4.36. The maximum absolute atomic E-state index is 13.5. The Hall–Kier alpha value is -3.26. The molecule has 29 heavy (non-hydrogen) atoms. The van der Waals surface area contributed by atoms with E-state index < -0.39 is 17.7 Å². The van der Waals surface area contributed by atoms with Crippen molar-refractivity contribution in [1.29, 1.82) is 0 Å². The molecule has 0 aromatic heterocycles. The molecule has 1 heterocycles. The van der Waals surface area contributed by atoms with E-state index in [1.165, 1.54) is 43.5 Å². The highest BCUT2D eigenvalue weighted by Gasteiger charge is 2.16. The van der Waals surface area contributed by atoms with Crippen LogP contribution >= 0.6 is 0 Å². The minimum atomic E-state index is -0.483. The normalized spacial score (nSPS) is 16.3. The van der Waals surface area contributed by atoms with Crippen LogP contribution in [0, 0.1) is 5.82 Å². The zero-order valence-corrected chi connectivity index (χ0v) is 16.0. The average Bonchev–Trinajstić information content (AvgIpc) is 3.25. The molecule has 2 aromatic carbocycles. The van der Waals surface area contributed by atoms with Crippen molar-refractivity contribution in [3.05, 3.63) is 65.5 Å². The van der Waals surface area contributed by atoms with Crippen molar-refractivity contribution >= 4 is 23.5 Å². The summed E-state index contributed by atoms with van der Waals surface area (Å²) >= 11 is 0. The molecule has 1 amide bonds. The van der Waals surface area contributed by atoms with Crippen molar-refractivity contribution in [2.45, 2.75) is 18.9 Å². The fraction of sp³-hybridized carbons (Fsp3) is 0.286. The van der Waals surface area contributed by atoms with Gasteiger partial charge in [0, 0.05) is 17.9 Å². The third kappa shape index (κ3) is 5.86. The Labute approximate surface area is 167 Å². The number of nitrogens with one attached hydrogen (secondary N) is 2. The molecule has 1 atom stereocenters. The summed E-state index contributed by atoms with van der Waals surface area (Å²) in [5.41, 5.74) is 1.13. The number of ether oxygens (including phenoxy) is 2. The molecule has 152 valence electrons. The van der Waals surface area contributed by atoms with E-state index >= 15 is 0 Å². The fourth-order valence-electron chi connectivity index (χ4n) is 2.85. The molecule has 1 aliphatic heterocycles. The van der Waals surface area contributed by atoms with Crippen LogP contribution in [-0.4, -0.2) is 44.2 Å². The van der Waals surface area contributed by atoms with Crippen LogP contribution < -0.4 is 10.6 Å². The number of hydrogen-bond donors (Lipinski definition) is 2. The fourth-order valence-corrected chi connectivity index (χ4v) is 2.85. The van der Waals surface area contributed by atoms with Crippen molar-refractivity contribution in [2.75, 3.05) is 25.6 Å². The molecule has 1 saturated heterocycles. The van der Waals surface area contributed by atoms with Crippen LogP contribution in [-0.2, 0) is 9.47 Å². The number of hydrogen-bond acceptors (Lipinski definition) is 5. The second-order valence-corrected chi connectivity index (χ2v) is 6.48. The second kappa shape index (κ2) is 9.79. The Morgan fingerprint density at radius 3 is 2.62 bits per heavy atom. The van der Waals surface area contributed by atoms with Crippen molar-refractivity contribution in [3.8, 4) is 0 Å². The average molecular weight is 399 g/mol. The van der Waals surface area contributed by atoms with Crippen LogP contribution in [0.1, 0.15) is 33.6 Å². The van der Waals surface area contributed by atoms with E-state index in [0.29, 0.717) is 30.0 Å². The Kier molecular flexibility index (Phi) is 6.91. The summed E-state index contributed by atoms with van der Waals surface area (Å²) in [6, 6.07) is 11.9. The molecule has 7 nitrogen and oxygen atoms in total. The number of carbonyl (C=O) groups excluding carboxylic acids is 2. The zero-order valence-electron chi connectivity index (χ0n) is 16.0. The predicted octanol–water partition coefficient (Wildman–Crippen LogP) is 2.99. The molecule has 2 N–H and O–H groups in total. The van der Waals surface area contributed by atoms with Crippen LogP contribution in [0.4, 0.5) is 10.1 Å². The lowest BCUT2D eigenvalue weighted by Crippen LogP contribution is -2.36. The summed E-state index contributed by atoms with van der Waals surface area (Å²) in [5.74, 6) is -1.12. The number of benzene rings is 2. The van der Waals surface area contributed by atoms with E-state index in [-0.39, 0.29) is 12.1 Å². The summed E-state index contributed by atoms with van der Waals surface area (Å²) in [4.78, 5) is 28.5. The van der Waals surface area contributed by atoms with E-state index in [1.54, 1.807) is 12.1 Å². The van der Waals surface area contributed by atoms with Gasteiger partial charge in [-0.2, -0.15) is 0 Å². The maximum atomic E-state index is 13.5. The topological polar surface area (TPSA) is 89.0 Å². The van der Waals surface area contributed by atoms with Crippen LogP contribution in [0.15, 0.2) is 53.5 Å². The number of aliphatic imine (C=N–C) groups is 1. The molecule has 0 radical (unpaired) electrons. The van der Waals surface area contributed by atoms with Gasteiger partial charge in [0.25, 0.3) is 5.91 Å². The Morgan fingerprint density at radius 1 is 1.21 bits per heavy atom. The number of amides is 1. The molecule has 1 unspecified atom stereocenters. The van der Waals surface area contributed by atoms with Gasteiger partial charge >= 0.3 is 5.97 Å². The van der Waals surface area contributed by atoms with Gasteiger partial charge in [-0.3, -0.25) is 10.1 Å². The van der Waals surface area contributed by atoms with Gasteiger partial charge in [-0.05, 0) is 55.3 Å². The van der Waals surface area contributed by atoms with E-state index in [2.05, 4.69) is 20.4 Å². The Bertz CT molecular complexity index is 893. The first-order valence-electron chi connectivity index (χ1n) is 9.23. The molecule has 1 aliphatic rings. The van der Waals surface area contributed by atoms with Gasteiger partial charge < -0.3 is 14.8 Å². The van der Waals surface area contributed by atoms with E-state index in [0.717, 1.165) is 12.8 Å². The van der Waals surface area contributed by atoms with E-state index in [4.69, 9.17) is 4.74 Å². The number of carbonyl (C=O) groups is 2. The first-order chi connectivity index (χ1) is 14.0. The summed E-state index contributed by atoms with van der Waals surface area (Å²) in [7, 11) is 1.29. The summed E-state index contributed by atoms with van der Waals surface area (Å²) in [5, 5.41) is 5.63. The predicted molar refractivity (Wildman–Crippen MR) is 107 cm³/mol. The summed E-state index contributed by atoms with van der Waals surface area (Å²) in [6.45, 7) is 1.07. The minimum absolute atomic E-state index is 0.00412. The lowest BCUT2D eigenvalue weighted by Gasteiger charge is -2.13. The van der Waals surface area contributed by atoms with Gasteiger partial charge in [-0.15, -0.1) is 0 Å². The van der Waals surface area contributed by atoms with Gasteiger partial charge in [0.15, 0.2) is 0 Å². The summed E-state index contributed by atoms with van der Waals surface area (Å²) < 4.78 is 23.7. The second-order valence-electron chi connectivity index (χ2n) is 6.48. The molecular weight excluding hydrogens is 377 g/mol. The van der Waals surface area contributed by atoms with Crippen LogP contribution in [0.3, 0.4) is 0 Å². The van der Waals surface area contributed by atoms with Gasteiger partial charge in [0.1, 0.15) is 5.82 Å².